The topological polar surface area (TPSA) is 106 Å². The van der Waals surface area contributed by atoms with Crippen molar-refractivity contribution in [1.82, 2.24) is 4.72 Å². The van der Waals surface area contributed by atoms with E-state index in [0.717, 1.165) is 12.0 Å². The van der Waals surface area contributed by atoms with E-state index in [0.29, 0.717) is 49.2 Å². The molecule has 29 heavy (non-hydrogen) atoms. The van der Waals surface area contributed by atoms with Gasteiger partial charge in [-0.2, -0.15) is 0 Å². The highest BCUT2D eigenvalue weighted by molar-refractivity contribution is 7.90. The van der Waals surface area contributed by atoms with Gasteiger partial charge in [-0.15, -0.1) is 0 Å². The highest BCUT2D eigenvalue weighted by Gasteiger charge is 2.19. The number of sulfonamides is 1. The molecule has 0 unspecified atom stereocenters. The lowest BCUT2D eigenvalue weighted by Gasteiger charge is -2.18. The third kappa shape index (κ3) is 4.68. The van der Waals surface area contributed by atoms with Gasteiger partial charge in [-0.25, -0.2) is 8.42 Å². The van der Waals surface area contributed by atoms with Crippen LogP contribution in [0.5, 0.6) is 11.5 Å². The van der Waals surface area contributed by atoms with E-state index in [2.05, 4.69) is 15.0 Å². The third-order valence-electron chi connectivity index (χ3n) is 4.53. The highest BCUT2D eigenvalue weighted by Crippen LogP contribution is 2.31. The molecule has 8 nitrogen and oxygen atoms in total. The maximum absolute atomic E-state index is 12.5. The van der Waals surface area contributed by atoms with Gasteiger partial charge in [0.05, 0.1) is 11.3 Å². The fourth-order valence-electron chi connectivity index (χ4n) is 3.17. The van der Waals surface area contributed by atoms with Gasteiger partial charge in [0.15, 0.2) is 11.5 Å². The van der Waals surface area contributed by atoms with Gasteiger partial charge >= 0.3 is 0 Å². The van der Waals surface area contributed by atoms with E-state index in [1.165, 1.54) is 12.1 Å². The quantitative estimate of drug-likeness (QED) is 0.778. The molecule has 0 saturated carbocycles. The number of amidine groups is 1. The fourth-order valence-corrected chi connectivity index (χ4v) is 4.30. The van der Waals surface area contributed by atoms with Gasteiger partial charge < -0.3 is 14.8 Å². The van der Waals surface area contributed by atoms with Crippen molar-refractivity contribution in [3.05, 3.63) is 48.0 Å². The summed E-state index contributed by atoms with van der Waals surface area (Å²) in [7, 11) is -3.73. The van der Waals surface area contributed by atoms with Crippen molar-refractivity contribution in [3.63, 3.8) is 0 Å². The summed E-state index contributed by atoms with van der Waals surface area (Å²) < 4.78 is 38.6. The van der Waals surface area contributed by atoms with Gasteiger partial charge in [-0.3, -0.25) is 14.5 Å². The molecular formula is C20H21N3O5S. The van der Waals surface area contributed by atoms with Crippen LogP contribution in [0.25, 0.3) is 0 Å². The number of ether oxygens (including phenoxy) is 2. The zero-order valence-electron chi connectivity index (χ0n) is 15.7. The van der Waals surface area contributed by atoms with Crippen molar-refractivity contribution < 1.29 is 22.7 Å². The lowest BCUT2D eigenvalue weighted by Crippen LogP contribution is -2.29. The van der Waals surface area contributed by atoms with Crippen molar-refractivity contribution >= 4 is 27.5 Å². The summed E-state index contributed by atoms with van der Waals surface area (Å²) in [6.07, 6.45) is 1.58. The molecule has 2 heterocycles. The van der Waals surface area contributed by atoms with Gasteiger partial charge in [0.1, 0.15) is 19.0 Å². The number of carbonyl (C=O) groups is 1. The number of benzene rings is 2. The molecular weight excluding hydrogens is 394 g/mol. The minimum atomic E-state index is -3.73. The molecule has 4 rings (SSSR count). The maximum atomic E-state index is 12.5. The molecule has 0 aliphatic carbocycles. The van der Waals surface area contributed by atoms with Crippen LogP contribution in [0.1, 0.15) is 18.4 Å². The number of nitrogens with zero attached hydrogens (tertiary/aromatic N) is 1. The number of aliphatic imine (C=N–C) groups is 1. The van der Waals surface area contributed by atoms with E-state index in [1.54, 1.807) is 30.3 Å². The molecule has 0 saturated heterocycles. The summed E-state index contributed by atoms with van der Waals surface area (Å²) in [5, 5.41) is 2.74. The Kier molecular flexibility index (Phi) is 5.39. The highest BCUT2D eigenvalue weighted by atomic mass is 32.2. The molecule has 2 aliphatic rings. The van der Waals surface area contributed by atoms with E-state index >= 15 is 0 Å². The van der Waals surface area contributed by atoms with Crippen LogP contribution in [-0.4, -0.2) is 39.9 Å². The molecule has 0 fully saturated rings. The van der Waals surface area contributed by atoms with Crippen LogP contribution >= 0.6 is 0 Å². The summed E-state index contributed by atoms with van der Waals surface area (Å²) in [6, 6.07) is 11.5. The van der Waals surface area contributed by atoms with E-state index < -0.39 is 10.0 Å². The van der Waals surface area contributed by atoms with Crippen LogP contribution in [0.2, 0.25) is 0 Å². The molecule has 0 radical (unpaired) electrons. The van der Waals surface area contributed by atoms with Crippen molar-refractivity contribution in [2.45, 2.75) is 24.2 Å². The Labute approximate surface area is 169 Å². The monoisotopic (exact) mass is 415 g/mol. The molecule has 9 heteroatoms. The van der Waals surface area contributed by atoms with E-state index in [-0.39, 0.29) is 17.2 Å². The third-order valence-corrected chi connectivity index (χ3v) is 5.90. The van der Waals surface area contributed by atoms with Gasteiger partial charge in [0.2, 0.25) is 5.91 Å². The zero-order valence-corrected chi connectivity index (χ0v) is 16.5. The number of amides is 1. The molecule has 0 aromatic heterocycles. The number of anilines is 1. The molecule has 2 aromatic rings. The Morgan fingerprint density at radius 2 is 1.90 bits per heavy atom. The Morgan fingerprint density at radius 1 is 1.07 bits per heavy atom. The summed E-state index contributed by atoms with van der Waals surface area (Å²) >= 11 is 0. The first-order chi connectivity index (χ1) is 14.0. The van der Waals surface area contributed by atoms with Gasteiger partial charge in [0, 0.05) is 18.7 Å². The number of rotatable bonds is 5. The van der Waals surface area contributed by atoms with Crippen molar-refractivity contribution in [3.8, 4) is 11.5 Å². The van der Waals surface area contributed by atoms with Crippen LogP contribution in [0.4, 0.5) is 5.69 Å². The van der Waals surface area contributed by atoms with Gasteiger partial charge in [-0.1, -0.05) is 12.1 Å². The molecule has 0 atom stereocenters. The molecule has 0 spiro atoms. The lowest BCUT2D eigenvalue weighted by molar-refractivity contribution is -0.115. The second-order valence-corrected chi connectivity index (χ2v) is 8.45. The Hall–Kier alpha value is -3.07. The number of carbonyl (C=O) groups excluding carboxylic acids is 1. The summed E-state index contributed by atoms with van der Waals surface area (Å²) in [4.78, 5) is 16.6. The van der Waals surface area contributed by atoms with Crippen molar-refractivity contribution in [2.24, 2.45) is 4.99 Å². The number of fused-ring (bicyclic) bond motifs is 1. The Balaban J connectivity index is 1.43. The Morgan fingerprint density at radius 3 is 2.69 bits per heavy atom. The number of hydrogen-bond donors (Lipinski definition) is 2. The SMILES string of the molecule is O=C(Cc1ccc2c(c1)OCCO2)Nc1cccc(S(=O)(=O)NC2=NCCC2)c1. The van der Waals surface area contributed by atoms with Crippen LogP contribution in [0.3, 0.4) is 0 Å². The minimum absolute atomic E-state index is 0.0734. The molecule has 0 bridgehead atoms. The summed E-state index contributed by atoms with van der Waals surface area (Å²) in [6.45, 7) is 1.62. The minimum Gasteiger partial charge on any atom is -0.486 e. The van der Waals surface area contributed by atoms with Crippen LogP contribution < -0.4 is 19.5 Å². The number of nitrogens with one attached hydrogen (secondary N) is 2. The van der Waals surface area contributed by atoms with Crippen LogP contribution in [0.15, 0.2) is 52.4 Å². The summed E-state index contributed by atoms with van der Waals surface area (Å²) in [5.74, 6) is 1.50. The molecule has 1 amide bonds. The van der Waals surface area contributed by atoms with Crippen LogP contribution in [0, 0.1) is 0 Å². The average molecular weight is 415 g/mol. The maximum Gasteiger partial charge on any atom is 0.262 e. The standard InChI is InChI=1S/C20H21N3O5S/c24-20(12-14-6-7-17-18(11-14)28-10-9-27-17)22-15-3-1-4-16(13-15)29(25,26)23-19-5-2-8-21-19/h1,3-4,6-7,11,13H,2,5,8-10,12H2,(H,21,23)(H,22,24). The molecule has 2 N–H and O–H groups in total. The van der Waals surface area contributed by atoms with Crippen LogP contribution in [-0.2, 0) is 21.2 Å². The van der Waals surface area contributed by atoms with E-state index in [9.17, 15) is 13.2 Å². The first-order valence-electron chi connectivity index (χ1n) is 9.34. The zero-order chi connectivity index (χ0) is 20.3. The van der Waals surface area contributed by atoms with Crippen molar-refractivity contribution in [1.29, 1.82) is 0 Å². The first-order valence-corrected chi connectivity index (χ1v) is 10.8. The molecule has 2 aliphatic heterocycles. The second-order valence-electron chi connectivity index (χ2n) is 6.77. The smallest absolute Gasteiger partial charge is 0.262 e. The van der Waals surface area contributed by atoms with E-state index in [1.807, 2.05) is 0 Å². The number of hydrogen-bond acceptors (Lipinski definition) is 6. The molecule has 152 valence electrons. The first kappa shape index (κ1) is 19.3. The van der Waals surface area contributed by atoms with Gasteiger partial charge in [0.25, 0.3) is 10.0 Å². The second kappa shape index (κ2) is 8.12. The average Bonchev–Trinajstić information content (AvgIpc) is 3.20. The van der Waals surface area contributed by atoms with Crippen molar-refractivity contribution in [2.75, 3.05) is 25.1 Å². The molecule has 2 aromatic carbocycles. The predicted molar refractivity (Wildman–Crippen MR) is 108 cm³/mol. The lowest BCUT2D eigenvalue weighted by atomic mass is 10.1. The Bertz CT molecular complexity index is 1070. The fraction of sp³-hybridized carbons (Fsp3) is 0.300. The predicted octanol–water partition coefficient (Wildman–Crippen LogP) is 2.11. The largest absolute Gasteiger partial charge is 0.486 e. The summed E-state index contributed by atoms with van der Waals surface area (Å²) in [5.41, 5.74) is 1.18. The normalized spacial score (nSPS) is 15.5. The van der Waals surface area contributed by atoms with Gasteiger partial charge in [-0.05, 0) is 42.3 Å². The van der Waals surface area contributed by atoms with E-state index in [4.69, 9.17) is 9.47 Å².